The summed E-state index contributed by atoms with van der Waals surface area (Å²) in [5.74, 6) is 0. The molecule has 90 valence electrons. The van der Waals surface area contributed by atoms with Crippen LogP contribution in [-0.4, -0.2) is 15.6 Å². The van der Waals surface area contributed by atoms with Crippen molar-refractivity contribution in [1.82, 2.24) is 9.38 Å². The lowest BCUT2D eigenvalue weighted by Crippen LogP contribution is -1.86. The average Bonchev–Trinajstić information content (AvgIpc) is 2.77. The summed E-state index contributed by atoms with van der Waals surface area (Å²) in [6.07, 6.45) is 4.14. The van der Waals surface area contributed by atoms with E-state index in [2.05, 4.69) is 48.0 Å². The Morgan fingerprint density at radius 3 is 2.50 bits per heavy atom. The Balaban J connectivity index is 2.15. The zero-order chi connectivity index (χ0) is 12.5. The minimum Gasteiger partial charge on any atom is -0.304 e. The number of aromatic nitrogens is 2. The summed E-state index contributed by atoms with van der Waals surface area (Å²) in [6.45, 7) is 2.11. The molecule has 0 fully saturated rings. The van der Waals surface area contributed by atoms with Crippen molar-refractivity contribution in [1.29, 1.82) is 0 Å². The summed E-state index contributed by atoms with van der Waals surface area (Å²) in [5.41, 5.74) is 4.42. The van der Waals surface area contributed by atoms with Gasteiger partial charge in [0.2, 0.25) is 0 Å². The first-order chi connectivity index (χ1) is 8.79. The molecule has 0 atom stereocenters. The molecule has 0 radical (unpaired) electrons. The van der Waals surface area contributed by atoms with Crippen molar-refractivity contribution < 1.29 is 0 Å². The van der Waals surface area contributed by atoms with Gasteiger partial charge in [-0.2, -0.15) is 0 Å². The molecule has 2 aromatic heterocycles. The summed E-state index contributed by atoms with van der Waals surface area (Å²) in [4.78, 5) is 5.97. The molecule has 18 heavy (non-hydrogen) atoms. The van der Waals surface area contributed by atoms with Gasteiger partial charge in [0.15, 0.2) is 0 Å². The minimum atomic E-state index is 0.999. The van der Waals surface area contributed by atoms with Gasteiger partial charge in [0, 0.05) is 22.3 Å². The van der Waals surface area contributed by atoms with E-state index in [1.54, 1.807) is 11.8 Å². The molecule has 0 unspecified atom stereocenters. The Morgan fingerprint density at radius 2 is 1.83 bits per heavy atom. The van der Waals surface area contributed by atoms with Crippen LogP contribution in [0.3, 0.4) is 0 Å². The molecule has 0 saturated carbocycles. The Hall–Kier alpha value is -1.74. The van der Waals surface area contributed by atoms with E-state index in [0.29, 0.717) is 0 Å². The van der Waals surface area contributed by atoms with Crippen LogP contribution < -0.4 is 0 Å². The molecular weight excluding hydrogens is 240 g/mol. The molecule has 2 heterocycles. The summed E-state index contributed by atoms with van der Waals surface area (Å²) in [7, 11) is 0. The lowest BCUT2D eigenvalue weighted by Gasteiger charge is -2.01. The number of rotatable bonds is 2. The molecule has 0 aliphatic rings. The predicted molar refractivity (Wildman–Crippen MR) is 77.1 cm³/mol. The first-order valence-electron chi connectivity index (χ1n) is 5.88. The van der Waals surface area contributed by atoms with Gasteiger partial charge in [-0.3, -0.25) is 0 Å². The van der Waals surface area contributed by atoms with Crippen molar-refractivity contribution in [2.75, 3.05) is 6.26 Å². The van der Waals surface area contributed by atoms with Gasteiger partial charge >= 0.3 is 0 Å². The van der Waals surface area contributed by atoms with Gasteiger partial charge in [-0.05, 0) is 37.4 Å². The van der Waals surface area contributed by atoms with Crippen LogP contribution >= 0.6 is 11.8 Å². The highest BCUT2D eigenvalue weighted by Crippen LogP contribution is 2.25. The third kappa shape index (κ3) is 1.81. The smallest absolute Gasteiger partial charge is 0.137 e. The van der Waals surface area contributed by atoms with Crippen molar-refractivity contribution in [2.24, 2.45) is 0 Å². The second kappa shape index (κ2) is 4.50. The maximum atomic E-state index is 4.69. The number of imidazole rings is 1. The molecule has 2 nitrogen and oxygen atoms in total. The second-order valence-corrected chi connectivity index (χ2v) is 5.08. The van der Waals surface area contributed by atoms with Gasteiger partial charge in [-0.25, -0.2) is 4.98 Å². The van der Waals surface area contributed by atoms with Crippen molar-refractivity contribution in [3.8, 4) is 11.3 Å². The Labute approximate surface area is 111 Å². The topological polar surface area (TPSA) is 17.3 Å². The molecule has 3 aromatic rings. The quantitative estimate of drug-likeness (QED) is 0.642. The highest BCUT2D eigenvalue weighted by molar-refractivity contribution is 7.98. The van der Waals surface area contributed by atoms with E-state index < -0.39 is 0 Å². The third-order valence-electron chi connectivity index (χ3n) is 3.13. The maximum absolute atomic E-state index is 4.69. The van der Waals surface area contributed by atoms with Gasteiger partial charge in [-0.15, -0.1) is 11.8 Å². The van der Waals surface area contributed by atoms with Crippen LogP contribution in [0.15, 0.2) is 53.6 Å². The van der Waals surface area contributed by atoms with Crippen LogP contribution in [0.1, 0.15) is 5.69 Å². The Kier molecular flexibility index (Phi) is 2.84. The molecule has 0 amide bonds. The van der Waals surface area contributed by atoms with Crippen LogP contribution in [0.2, 0.25) is 0 Å². The maximum Gasteiger partial charge on any atom is 0.137 e. The van der Waals surface area contributed by atoms with Crippen LogP contribution in [0.4, 0.5) is 0 Å². The van der Waals surface area contributed by atoms with Crippen LogP contribution in [0, 0.1) is 6.92 Å². The fourth-order valence-electron chi connectivity index (χ4n) is 2.14. The van der Waals surface area contributed by atoms with E-state index in [-0.39, 0.29) is 0 Å². The molecule has 3 rings (SSSR count). The molecule has 1 aromatic carbocycles. The average molecular weight is 254 g/mol. The highest BCUT2D eigenvalue weighted by Gasteiger charge is 2.09. The Bertz CT molecular complexity index is 683. The van der Waals surface area contributed by atoms with Crippen LogP contribution in [0.5, 0.6) is 0 Å². The summed E-state index contributed by atoms with van der Waals surface area (Å²) in [5, 5.41) is 0. The standard InChI is InChI=1S/C15H14N2S/c1-11-15(12-6-8-13(18-2)9-7-12)16-14-5-3-4-10-17(11)14/h3-10H,1-2H3. The SMILES string of the molecule is CSc1ccc(-c2nc3ccccn3c2C)cc1. The summed E-state index contributed by atoms with van der Waals surface area (Å²) >= 11 is 1.76. The molecule has 0 aliphatic heterocycles. The normalized spacial score (nSPS) is 11.0. The highest BCUT2D eigenvalue weighted by atomic mass is 32.2. The fraction of sp³-hybridized carbons (Fsp3) is 0.133. The number of aryl methyl sites for hydroxylation is 1. The van der Waals surface area contributed by atoms with Crippen molar-refractivity contribution >= 4 is 17.4 Å². The van der Waals surface area contributed by atoms with Crippen molar-refractivity contribution in [3.63, 3.8) is 0 Å². The first-order valence-corrected chi connectivity index (χ1v) is 7.10. The zero-order valence-electron chi connectivity index (χ0n) is 10.4. The number of hydrogen-bond donors (Lipinski definition) is 0. The second-order valence-electron chi connectivity index (χ2n) is 4.20. The van der Waals surface area contributed by atoms with Crippen LogP contribution in [0.25, 0.3) is 16.9 Å². The van der Waals surface area contributed by atoms with Gasteiger partial charge in [-0.1, -0.05) is 18.2 Å². The van der Waals surface area contributed by atoms with Gasteiger partial charge in [0.25, 0.3) is 0 Å². The number of thioether (sulfide) groups is 1. The summed E-state index contributed by atoms with van der Waals surface area (Å²) in [6, 6.07) is 14.6. The largest absolute Gasteiger partial charge is 0.304 e. The molecule has 0 aliphatic carbocycles. The predicted octanol–water partition coefficient (Wildman–Crippen LogP) is 4.03. The summed E-state index contributed by atoms with van der Waals surface area (Å²) < 4.78 is 2.12. The lowest BCUT2D eigenvalue weighted by atomic mass is 10.1. The van der Waals surface area contributed by atoms with E-state index in [4.69, 9.17) is 4.98 Å². The first kappa shape index (κ1) is 11.4. The molecule has 3 heteroatoms. The third-order valence-corrected chi connectivity index (χ3v) is 3.88. The zero-order valence-corrected chi connectivity index (χ0v) is 11.2. The number of hydrogen-bond acceptors (Lipinski definition) is 2. The monoisotopic (exact) mass is 254 g/mol. The van der Waals surface area contributed by atoms with E-state index >= 15 is 0 Å². The van der Waals surface area contributed by atoms with E-state index in [1.807, 2.05) is 18.2 Å². The van der Waals surface area contributed by atoms with Gasteiger partial charge in [0.1, 0.15) is 5.65 Å². The van der Waals surface area contributed by atoms with Crippen LogP contribution in [-0.2, 0) is 0 Å². The fourth-order valence-corrected chi connectivity index (χ4v) is 2.55. The van der Waals surface area contributed by atoms with Crippen molar-refractivity contribution in [2.45, 2.75) is 11.8 Å². The number of pyridine rings is 1. The van der Waals surface area contributed by atoms with E-state index in [9.17, 15) is 0 Å². The van der Waals surface area contributed by atoms with Gasteiger partial charge < -0.3 is 4.40 Å². The molecular formula is C15H14N2S. The molecule has 0 saturated heterocycles. The number of nitrogens with zero attached hydrogens (tertiary/aromatic N) is 2. The number of fused-ring (bicyclic) bond motifs is 1. The Morgan fingerprint density at radius 1 is 1.06 bits per heavy atom. The van der Waals surface area contributed by atoms with Crippen molar-refractivity contribution in [3.05, 3.63) is 54.4 Å². The molecule has 0 bridgehead atoms. The van der Waals surface area contributed by atoms with E-state index in [0.717, 1.165) is 11.3 Å². The molecule has 0 N–H and O–H groups in total. The number of benzene rings is 1. The minimum absolute atomic E-state index is 0.999. The molecule has 0 spiro atoms. The van der Waals surface area contributed by atoms with E-state index in [1.165, 1.54) is 16.2 Å². The van der Waals surface area contributed by atoms with Gasteiger partial charge in [0.05, 0.1) is 5.69 Å². The lowest BCUT2D eigenvalue weighted by molar-refractivity contribution is 1.11.